The Balaban J connectivity index is 1.62. The number of unbranched alkanes of at least 4 members (excludes halogenated alkanes) is 2. The summed E-state index contributed by atoms with van der Waals surface area (Å²) in [5.41, 5.74) is 1.33. The van der Waals surface area contributed by atoms with Crippen molar-refractivity contribution in [3.8, 4) is 0 Å². The predicted molar refractivity (Wildman–Crippen MR) is 75.8 cm³/mol. The summed E-state index contributed by atoms with van der Waals surface area (Å²) in [5.74, 6) is 2.04. The molecule has 2 unspecified atom stereocenters. The van der Waals surface area contributed by atoms with Gasteiger partial charge in [-0.2, -0.15) is 0 Å². The van der Waals surface area contributed by atoms with Gasteiger partial charge < -0.3 is 0 Å². The van der Waals surface area contributed by atoms with Crippen molar-refractivity contribution < 1.29 is 0 Å². The Morgan fingerprint density at radius 3 is 2.71 bits per heavy atom. The Morgan fingerprint density at radius 1 is 1.12 bits per heavy atom. The van der Waals surface area contributed by atoms with Crippen LogP contribution in [0.2, 0.25) is 0 Å². The van der Waals surface area contributed by atoms with E-state index >= 15 is 0 Å². The first-order valence-corrected chi connectivity index (χ1v) is 7.11. The molecule has 0 bridgehead atoms. The number of rotatable bonds is 7. The maximum absolute atomic E-state index is 2.36. The second-order valence-electron chi connectivity index (χ2n) is 5.30. The minimum atomic E-state index is 0.992. The van der Waals surface area contributed by atoms with Gasteiger partial charge in [-0.1, -0.05) is 75.1 Å². The number of benzene rings is 1. The lowest BCUT2D eigenvalue weighted by Gasteiger charge is -1.97. The van der Waals surface area contributed by atoms with E-state index in [9.17, 15) is 0 Å². The summed E-state index contributed by atoms with van der Waals surface area (Å²) in [6.07, 6.45) is 13.1. The number of allylic oxidation sites excluding steroid dienone is 1. The van der Waals surface area contributed by atoms with Gasteiger partial charge >= 0.3 is 0 Å². The zero-order chi connectivity index (χ0) is 11.9. The number of hydrogen-bond donors (Lipinski definition) is 0. The van der Waals surface area contributed by atoms with Crippen molar-refractivity contribution in [3.05, 3.63) is 42.0 Å². The maximum atomic E-state index is 2.36. The van der Waals surface area contributed by atoms with Crippen LogP contribution in [0.15, 0.2) is 36.4 Å². The Hall–Kier alpha value is -1.04. The van der Waals surface area contributed by atoms with Gasteiger partial charge in [-0.15, -0.1) is 0 Å². The second-order valence-corrected chi connectivity index (χ2v) is 5.30. The van der Waals surface area contributed by atoms with Gasteiger partial charge in [0.05, 0.1) is 0 Å². The van der Waals surface area contributed by atoms with E-state index in [4.69, 9.17) is 0 Å². The third-order valence-electron chi connectivity index (χ3n) is 3.80. The molecule has 1 aliphatic rings. The molecule has 1 fully saturated rings. The monoisotopic (exact) mass is 228 g/mol. The van der Waals surface area contributed by atoms with E-state index in [1.807, 2.05) is 0 Å². The average Bonchev–Trinajstić information content (AvgIpc) is 3.10. The lowest BCUT2D eigenvalue weighted by atomic mass is 10.1. The van der Waals surface area contributed by atoms with E-state index < -0.39 is 0 Å². The molecular weight excluding hydrogens is 204 g/mol. The molecule has 0 heteroatoms. The molecule has 0 amide bonds. The van der Waals surface area contributed by atoms with Gasteiger partial charge in [-0.05, 0) is 30.2 Å². The molecule has 2 rings (SSSR count). The Morgan fingerprint density at radius 2 is 1.94 bits per heavy atom. The van der Waals surface area contributed by atoms with Crippen molar-refractivity contribution in [2.24, 2.45) is 11.8 Å². The summed E-state index contributed by atoms with van der Waals surface area (Å²) in [6, 6.07) is 10.6. The van der Waals surface area contributed by atoms with E-state index in [1.165, 1.54) is 44.1 Å². The third-order valence-corrected chi connectivity index (χ3v) is 3.80. The van der Waals surface area contributed by atoms with Crippen LogP contribution in [0.4, 0.5) is 0 Å². The molecule has 0 N–H and O–H groups in total. The molecule has 92 valence electrons. The molecular formula is C17H24. The zero-order valence-electron chi connectivity index (χ0n) is 10.9. The first-order chi connectivity index (χ1) is 8.40. The van der Waals surface area contributed by atoms with Crippen LogP contribution in [0.5, 0.6) is 0 Å². The van der Waals surface area contributed by atoms with Gasteiger partial charge in [0.25, 0.3) is 0 Å². The molecule has 0 spiro atoms. The first-order valence-electron chi connectivity index (χ1n) is 7.11. The molecule has 1 saturated carbocycles. The molecule has 0 aliphatic heterocycles. The quantitative estimate of drug-likeness (QED) is 0.555. The van der Waals surface area contributed by atoms with Crippen molar-refractivity contribution in [3.63, 3.8) is 0 Å². The van der Waals surface area contributed by atoms with Crippen LogP contribution in [0.3, 0.4) is 0 Å². The minimum Gasteiger partial charge on any atom is -0.0837 e. The Bertz CT molecular complexity index is 336. The van der Waals surface area contributed by atoms with Gasteiger partial charge in [0.15, 0.2) is 0 Å². The van der Waals surface area contributed by atoms with Crippen molar-refractivity contribution in [2.45, 2.75) is 45.4 Å². The second kappa shape index (κ2) is 6.64. The van der Waals surface area contributed by atoms with Crippen LogP contribution in [0.25, 0.3) is 6.08 Å². The van der Waals surface area contributed by atoms with E-state index in [2.05, 4.69) is 49.4 Å². The van der Waals surface area contributed by atoms with Crippen LogP contribution in [0.1, 0.15) is 51.0 Å². The lowest BCUT2D eigenvalue weighted by Crippen LogP contribution is -1.82. The Labute approximate surface area is 106 Å². The molecule has 17 heavy (non-hydrogen) atoms. The average molecular weight is 228 g/mol. The summed E-state index contributed by atoms with van der Waals surface area (Å²) < 4.78 is 0. The van der Waals surface area contributed by atoms with Gasteiger partial charge in [0, 0.05) is 0 Å². The summed E-state index contributed by atoms with van der Waals surface area (Å²) in [6.45, 7) is 2.28. The van der Waals surface area contributed by atoms with Crippen molar-refractivity contribution in [1.29, 1.82) is 0 Å². The first kappa shape index (κ1) is 12.4. The SMILES string of the molecule is CCCCCC1CC1C/C=C/c1ccccc1. The molecule has 0 radical (unpaired) electrons. The van der Waals surface area contributed by atoms with Crippen molar-refractivity contribution in [1.82, 2.24) is 0 Å². The lowest BCUT2D eigenvalue weighted by molar-refractivity contribution is 0.584. The van der Waals surface area contributed by atoms with Crippen LogP contribution in [0, 0.1) is 11.8 Å². The van der Waals surface area contributed by atoms with Crippen LogP contribution in [-0.2, 0) is 0 Å². The fraction of sp³-hybridized carbons (Fsp3) is 0.529. The smallest absolute Gasteiger partial charge is 0.0260 e. The molecule has 0 nitrogen and oxygen atoms in total. The van der Waals surface area contributed by atoms with Crippen molar-refractivity contribution in [2.75, 3.05) is 0 Å². The summed E-state index contributed by atoms with van der Waals surface area (Å²) in [7, 11) is 0. The molecule has 0 heterocycles. The highest BCUT2D eigenvalue weighted by Crippen LogP contribution is 2.45. The van der Waals surface area contributed by atoms with Crippen LogP contribution in [-0.4, -0.2) is 0 Å². The predicted octanol–water partition coefficient (Wildman–Crippen LogP) is 5.31. The van der Waals surface area contributed by atoms with E-state index in [1.54, 1.807) is 0 Å². The fourth-order valence-corrected chi connectivity index (χ4v) is 2.55. The topological polar surface area (TPSA) is 0 Å². The third kappa shape index (κ3) is 4.38. The van der Waals surface area contributed by atoms with Crippen LogP contribution < -0.4 is 0 Å². The molecule has 1 aromatic carbocycles. The summed E-state index contributed by atoms with van der Waals surface area (Å²) in [4.78, 5) is 0. The molecule has 2 atom stereocenters. The molecule has 1 aliphatic carbocycles. The molecule has 0 saturated heterocycles. The zero-order valence-corrected chi connectivity index (χ0v) is 10.9. The van der Waals surface area contributed by atoms with E-state index in [0.717, 1.165) is 11.8 Å². The van der Waals surface area contributed by atoms with Gasteiger partial charge in [0.2, 0.25) is 0 Å². The molecule has 1 aromatic rings. The van der Waals surface area contributed by atoms with E-state index in [-0.39, 0.29) is 0 Å². The minimum absolute atomic E-state index is 0.992. The highest BCUT2D eigenvalue weighted by atomic mass is 14.4. The summed E-state index contributed by atoms with van der Waals surface area (Å²) in [5, 5.41) is 0. The van der Waals surface area contributed by atoms with Gasteiger partial charge in [0.1, 0.15) is 0 Å². The normalized spacial score (nSPS) is 23.1. The highest BCUT2D eigenvalue weighted by molar-refractivity contribution is 5.48. The molecule has 0 aromatic heterocycles. The van der Waals surface area contributed by atoms with Gasteiger partial charge in [-0.25, -0.2) is 0 Å². The van der Waals surface area contributed by atoms with E-state index in [0.29, 0.717) is 0 Å². The van der Waals surface area contributed by atoms with Gasteiger partial charge in [-0.3, -0.25) is 0 Å². The van der Waals surface area contributed by atoms with Crippen LogP contribution >= 0.6 is 0 Å². The standard InChI is InChI=1S/C17H24/c1-2-3-5-12-16-14-17(16)13-8-11-15-9-6-4-7-10-15/h4,6-11,16-17H,2-3,5,12-14H2,1H3/b11-8+. The maximum Gasteiger partial charge on any atom is -0.0260 e. The summed E-state index contributed by atoms with van der Waals surface area (Å²) >= 11 is 0. The fourth-order valence-electron chi connectivity index (χ4n) is 2.55. The highest BCUT2D eigenvalue weighted by Gasteiger charge is 2.34. The largest absolute Gasteiger partial charge is 0.0837 e. The Kier molecular flexibility index (Phi) is 4.85. The van der Waals surface area contributed by atoms with Crippen molar-refractivity contribution >= 4 is 6.08 Å². The number of hydrogen-bond acceptors (Lipinski definition) is 0.